The fraction of sp³-hybridized carbons (Fsp3) is 0.333. The molecule has 3 N–H and O–H groups in total. The topological polar surface area (TPSA) is 85.4 Å². The Labute approximate surface area is 102 Å². The SMILES string of the molecule is NCc1cc(OC(F)(F)F)nc(C(=O)O)c1C(F)F. The summed E-state index contributed by atoms with van der Waals surface area (Å²) in [6.45, 7) is -0.587. The zero-order chi connectivity index (χ0) is 14.8. The summed E-state index contributed by atoms with van der Waals surface area (Å²) in [6, 6.07) is 0.529. The molecule has 1 rings (SSSR count). The van der Waals surface area contributed by atoms with Crippen LogP contribution >= 0.6 is 0 Å². The molecule has 0 spiro atoms. The summed E-state index contributed by atoms with van der Waals surface area (Å²) < 4.78 is 64.7. The molecule has 19 heavy (non-hydrogen) atoms. The van der Waals surface area contributed by atoms with Gasteiger partial charge in [0.1, 0.15) is 0 Å². The van der Waals surface area contributed by atoms with E-state index in [4.69, 9.17) is 10.8 Å². The van der Waals surface area contributed by atoms with E-state index < -0.39 is 48.0 Å². The van der Waals surface area contributed by atoms with E-state index in [1.807, 2.05) is 0 Å². The van der Waals surface area contributed by atoms with Crippen LogP contribution in [0.3, 0.4) is 0 Å². The summed E-state index contributed by atoms with van der Waals surface area (Å²) in [7, 11) is 0. The normalized spacial score (nSPS) is 11.7. The summed E-state index contributed by atoms with van der Waals surface area (Å²) in [5.74, 6) is -3.06. The molecule has 0 saturated carbocycles. The van der Waals surface area contributed by atoms with Crippen LogP contribution in [0.5, 0.6) is 5.88 Å². The molecule has 0 radical (unpaired) electrons. The molecule has 0 bridgehead atoms. The number of carbonyl (C=O) groups is 1. The number of carboxylic acids is 1. The maximum atomic E-state index is 12.7. The Balaban J connectivity index is 3.40. The second-order valence-electron chi connectivity index (χ2n) is 3.24. The third-order valence-corrected chi connectivity index (χ3v) is 1.98. The summed E-state index contributed by atoms with van der Waals surface area (Å²) >= 11 is 0. The molecule has 10 heteroatoms. The third-order valence-electron chi connectivity index (χ3n) is 1.98. The zero-order valence-electron chi connectivity index (χ0n) is 9.04. The first-order chi connectivity index (χ1) is 8.65. The van der Waals surface area contributed by atoms with Gasteiger partial charge in [-0.3, -0.25) is 0 Å². The van der Waals surface area contributed by atoms with Crippen molar-refractivity contribution in [1.82, 2.24) is 4.98 Å². The Morgan fingerprint density at radius 1 is 1.47 bits per heavy atom. The summed E-state index contributed by atoms with van der Waals surface area (Å²) in [6.07, 6.45) is -8.36. The van der Waals surface area contributed by atoms with Crippen LogP contribution in [0, 0.1) is 0 Å². The Bertz CT molecular complexity index is 489. The van der Waals surface area contributed by atoms with Crippen molar-refractivity contribution in [2.24, 2.45) is 5.73 Å². The fourth-order valence-electron chi connectivity index (χ4n) is 1.33. The highest BCUT2D eigenvalue weighted by atomic mass is 19.4. The summed E-state index contributed by atoms with van der Waals surface area (Å²) in [4.78, 5) is 13.6. The average Bonchev–Trinajstić information content (AvgIpc) is 2.24. The number of hydrogen-bond donors (Lipinski definition) is 2. The molecule has 0 aromatic carbocycles. The Hall–Kier alpha value is -1.97. The van der Waals surface area contributed by atoms with Gasteiger partial charge in [-0.15, -0.1) is 13.2 Å². The van der Waals surface area contributed by atoms with Crippen LogP contribution in [0.1, 0.15) is 28.0 Å². The molecule has 0 aliphatic rings. The molecule has 1 heterocycles. The highest BCUT2D eigenvalue weighted by Crippen LogP contribution is 2.30. The van der Waals surface area contributed by atoms with Crippen molar-refractivity contribution in [1.29, 1.82) is 0 Å². The second-order valence-corrected chi connectivity index (χ2v) is 3.24. The zero-order valence-corrected chi connectivity index (χ0v) is 9.04. The Morgan fingerprint density at radius 2 is 2.05 bits per heavy atom. The van der Waals surface area contributed by atoms with E-state index >= 15 is 0 Å². The predicted molar refractivity (Wildman–Crippen MR) is 50.7 cm³/mol. The van der Waals surface area contributed by atoms with Gasteiger partial charge in [-0.1, -0.05) is 0 Å². The fourth-order valence-corrected chi connectivity index (χ4v) is 1.33. The molecule has 1 aromatic rings. The number of aromatic nitrogens is 1. The third kappa shape index (κ3) is 3.74. The number of rotatable bonds is 4. The van der Waals surface area contributed by atoms with Crippen LogP contribution in [0.2, 0.25) is 0 Å². The average molecular weight is 286 g/mol. The molecule has 0 atom stereocenters. The van der Waals surface area contributed by atoms with Gasteiger partial charge in [-0.05, 0) is 5.56 Å². The van der Waals surface area contributed by atoms with Crippen molar-refractivity contribution in [3.8, 4) is 5.88 Å². The van der Waals surface area contributed by atoms with Gasteiger partial charge in [-0.25, -0.2) is 18.6 Å². The van der Waals surface area contributed by atoms with Crippen molar-refractivity contribution in [3.63, 3.8) is 0 Å². The van der Waals surface area contributed by atoms with Gasteiger partial charge in [0.25, 0.3) is 6.43 Å². The summed E-state index contributed by atoms with van der Waals surface area (Å²) in [5.41, 5.74) is 2.37. The second kappa shape index (κ2) is 5.34. The van der Waals surface area contributed by atoms with Gasteiger partial charge in [0.15, 0.2) is 5.69 Å². The molecule has 0 saturated heterocycles. The van der Waals surface area contributed by atoms with Crippen LogP contribution in [0.15, 0.2) is 6.07 Å². The van der Waals surface area contributed by atoms with Gasteiger partial charge >= 0.3 is 12.3 Å². The lowest BCUT2D eigenvalue weighted by Crippen LogP contribution is -2.20. The number of carboxylic acid groups (broad SMARTS) is 1. The van der Waals surface area contributed by atoms with E-state index in [0.29, 0.717) is 6.07 Å². The minimum atomic E-state index is -5.12. The number of pyridine rings is 1. The van der Waals surface area contributed by atoms with Gasteiger partial charge < -0.3 is 15.6 Å². The molecule has 0 fully saturated rings. The minimum Gasteiger partial charge on any atom is -0.476 e. The van der Waals surface area contributed by atoms with Gasteiger partial charge in [-0.2, -0.15) is 0 Å². The molecular weight excluding hydrogens is 279 g/mol. The number of alkyl halides is 5. The molecule has 5 nitrogen and oxygen atoms in total. The molecule has 0 unspecified atom stereocenters. The molecule has 0 amide bonds. The first-order valence-electron chi connectivity index (χ1n) is 4.66. The molecule has 1 aromatic heterocycles. The summed E-state index contributed by atoms with van der Waals surface area (Å²) in [5, 5.41) is 8.68. The van der Waals surface area contributed by atoms with Crippen LogP contribution < -0.4 is 10.5 Å². The number of ether oxygens (including phenoxy) is 1. The lowest BCUT2D eigenvalue weighted by molar-refractivity contribution is -0.276. The Kier molecular flexibility index (Phi) is 4.24. The maximum absolute atomic E-state index is 12.7. The quantitative estimate of drug-likeness (QED) is 0.828. The Morgan fingerprint density at radius 3 is 2.42 bits per heavy atom. The monoisotopic (exact) mass is 286 g/mol. The van der Waals surface area contributed by atoms with Crippen molar-refractivity contribution in [2.75, 3.05) is 0 Å². The van der Waals surface area contributed by atoms with E-state index in [-0.39, 0.29) is 0 Å². The van der Waals surface area contributed by atoms with E-state index in [9.17, 15) is 26.7 Å². The molecule has 0 aliphatic heterocycles. The van der Waals surface area contributed by atoms with E-state index in [2.05, 4.69) is 9.72 Å². The first kappa shape index (κ1) is 15.1. The predicted octanol–water partition coefficient (Wildman–Crippen LogP) is 2.07. The van der Waals surface area contributed by atoms with E-state index in [1.165, 1.54) is 0 Å². The van der Waals surface area contributed by atoms with Gasteiger partial charge in [0.05, 0.1) is 5.56 Å². The minimum absolute atomic E-state index is 0.485. The highest BCUT2D eigenvalue weighted by molar-refractivity contribution is 5.87. The molecule has 0 aliphatic carbocycles. The van der Waals surface area contributed by atoms with Crippen LogP contribution in [0.25, 0.3) is 0 Å². The largest absolute Gasteiger partial charge is 0.574 e. The number of halogens is 5. The lowest BCUT2D eigenvalue weighted by Gasteiger charge is -2.14. The maximum Gasteiger partial charge on any atom is 0.574 e. The number of aromatic carboxylic acids is 1. The highest BCUT2D eigenvalue weighted by Gasteiger charge is 2.33. The van der Waals surface area contributed by atoms with Crippen LogP contribution in [-0.4, -0.2) is 22.4 Å². The smallest absolute Gasteiger partial charge is 0.476 e. The van der Waals surface area contributed by atoms with Gasteiger partial charge in [0, 0.05) is 12.6 Å². The standard InChI is InChI=1S/C9H7F5N2O3/c10-7(11)5-3(2-15)1-4(19-9(12,13)14)16-6(5)8(17)18/h1,7H,2,15H2,(H,17,18). The van der Waals surface area contributed by atoms with E-state index in [1.54, 1.807) is 0 Å². The number of nitrogens with two attached hydrogens (primary N) is 1. The lowest BCUT2D eigenvalue weighted by atomic mass is 10.1. The van der Waals surface area contributed by atoms with Crippen LogP contribution in [0.4, 0.5) is 22.0 Å². The van der Waals surface area contributed by atoms with Crippen LogP contribution in [-0.2, 0) is 6.54 Å². The van der Waals surface area contributed by atoms with Gasteiger partial charge in [0.2, 0.25) is 5.88 Å². The molecular formula is C9H7F5N2O3. The molecule has 106 valence electrons. The van der Waals surface area contributed by atoms with E-state index in [0.717, 1.165) is 0 Å². The van der Waals surface area contributed by atoms with Crippen molar-refractivity contribution >= 4 is 5.97 Å². The number of nitrogens with zero attached hydrogens (tertiary/aromatic N) is 1. The van der Waals surface area contributed by atoms with Crippen molar-refractivity contribution in [3.05, 3.63) is 22.9 Å². The number of hydrogen-bond acceptors (Lipinski definition) is 4. The first-order valence-corrected chi connectivity index (χ1v) is 4.66. The van der Waals surface area contributed by atoms with Crippen molar-refractivity contribution < 1.29 is 36.6 Å². The van der Waals surface area contributed by atoms with Crippen molar-refractivity contribution in [2.45, 2.75) is 19.3 Å².